The summed E-state index contributed by atoms with van der Waals surface area (Å²) in [5.41, 5.74) is 5.52. The molecule has 0 aromatic carbocycles. The number of carbonyl (C=O) groups excluding carboxylic acids is 1. The maximum Gasteiger partial charge on any atom is 0.255 e. The third-order valence-corrected chi connectivity index (χ3v) is 2.76. The van der Waals surface area contributed by atoms with Crippen molar-refractivity contribution in [2.75, 3.05) is 39.8 Å². The molecule has 2 aliphatic rings. The number of likely N-dealkylation sites (N-methyl/N-ethyl adjacent to an activating group) is 1. The molecule has 1 amide bonds. The van der Waals surface area contributed by atoms with E-state index in [2.05, 4.69) is 17.0 Å². The highest BCUT2D eigenvalue weighted by molar-refractivity contribution is 5.87. The highest BCUT2D eigenvalue weighted by Gasteiger charge is 2.38. The fourth-order valence-electron chi connectivity index (χ4n) is 1.73. The summed E-state index contributed by atoms with van der Waals surface area (Å²) in [6, 6.07) is -0.250. The summed E-state index contributed by atoms with van der Waals surface area (Å²) in [6.45, 7) is 4.63. The molecule has 5 heteroatoms. The predicted molar refractivity (Wildman–Crippen MR) is 48.8 cm³/mol. The molecule has 1 unspecified atom stereocenters. The number of hydrogen-bond donors (Lipinski definition) is 1. The van der Waals surface area contributed by atoms with Gasteiger partial charge in [0, 0.05) is 26.2 Å². The molecule has 0 saturated carbocycles. The van der Waals surface area contributed by atoms with E-state index in [-0.39, 0.29) is 11.9 Å². The van der Waals surface area contributed by atoms with Crippen molar-refractivity contribution in [3.63, 3.8) is 0 Å². The van der Waals surface area contributed by atoms with E-state index in [1.54, 1.807) is 5.01 Å². The number of hydrogen-bond acceptors (Lipinski definition) is 4. The summed E-state index contributed by atoms with van der Waals surface area (Å²) in [5.74, 6) is 0.0737. The first-order valence-corrected chi connectivity index (χ1v) is 4.69. The van der Waals surface area contributed by atoms with E-state index in [4.69, 9.17) is 5.73 Å². The number of carbonyl (C=O) groups is 1. The molecule has 0 bridgehead atoms. The van der Waals surface area contributed by atoms with Crippen molar-refractivity contribution in [1.82, 2.24) is 14.9 Å². The summed E-state index contributed by atoms with van der Waals surface area (Å²) in [6.07, 6.45) is 0. The standard InChI is InChI=1S/C8H16N4O/c1-10-2-4-11(5-3-10)12-6-7(9)8(12)13/h7H,2-6,9H2,1H3. The Kier molecular flexibility index (Phi) is 2.23. The van der Waals surface area contributed by atoms with Crippen LogP contribution in [0.2, 0.25) is 0 Å². The van der Waals surface area contributed by atoms with Gasteiger partial charge in [-0.1, -0.05) is 0 Å². The molecule has 0 radical (unpaired) electrons. The van der Waals surface area contributed by atoms with Crippen molar-refractivity contribution >= 4 is 5.91 Å². The van der Waals surface area contributed by atoms with Crippen LogP contribution < -0.4 is 5.73 Å². The van der Waals surface area contributed by atoms with Gasteiger partial charge in [-0.2, -0.15) is 0 Å². The molecule has 0 aromatic rings. The van der Waals surface area contributed by atoms with Crippen LogP contribution in [0.25, 0.3) is 0 Å². The van der Waals surface area contributed by atoms with Gasteiger partial charge in [0.25, 0.3) is 5.91 Å². The molecule has 5 nitrogen and oxygen atoms in total. The van der Waals surface area contributed by atoms with Crippen LogP contribution in [0.5, 0.6) is 0 Å². The highest BCUT2D eigenvalue weighted by Crippen LogP contribution is 2.13. The Morgan fingerprint density at radius 2 is 1.92 bits per heavy atom. The average molecular weight is 184 g/mol. The molecular formula is C8H16N4O. The Morgan fingerprint density at radius 3 is 2.38 bits per heavy atom. The topological polar surface area (TPSA) is 52.8 Å². The van der Waals surface area contributed by atoms with Crippen LogP contribution in [0.3, 0.4) is 0 Å². The van der Waals surface area contributed by atoms with Gasteiger partial charge in [-0.3, -0.25) is 9.80 Å². The predicted octanol–water partition coefficient (Wildman–Crippen LogP) is -1.68. The first kappa shape index (κ1) is 8.93. The number of β-lactam (4-membered cyclic amide) rings is 1. The molecule has 13 heavy (non-hydrogen) atoms. The van der Waals surface area contributed by atoms with Crippen molar-refractivity contribution in [3.05, 3.63) is 0 Å². The van der Waals surface area contributed by atoms with Crippen LogP contribution in [0.15, 0.2) is 0 Å². The second kappa shape index (κ2) is 3.25. The fraction of sp³-hybridized carbons (Fsp3) is 0.875. The molecule has 0 aliphatic carbocycles. The summed E-state index contributed by atoms with van der Waals surface area (Å²) < 4.78 is 0. The SMILES string of the molecule is CN1CCN(N2CC(N)C2=O)CC1. The monoisotopic (exact) mass is 184 g/mol. The minimum absolute atomic E-state index is 0.0737. The maximum absolute atomic E-state index is 11.3. The molecule has 2 N–H and O–H groups in total. The molecule has 2 saturated heterocycles. The third-order valence-electron chi connectivity index (χ3n) is 2.76. The average Bonchev–Trinajstić information content (AvgIpc) is 2.15. The van der Waals surface area contributed by atoms with Gasteiger partial charge in [-0.25, -0.2) is 5.01 Å². The number of hydrazine groups is 1. The summed E-state index contributed by atoms with van der Waals surface area (Å²) >= 11 is 0. The van der Waals surface area contributed by atoms with Crippen LogP contribution in [0.4, 0.5) is 0 Å². The number of amides is 1. The van der Waals surface area contributed by atoms with Crippen LogP contribution in [0, 0.1) is 0 Å². The van der Waals surface area contributed by atoms with Crippen molar-refractivity contribution in [3.8, 4) is 0 Å². The molecule has 2 rings (SSSR count). The van der Waals surface area contributed by atoms with E-state index in [0.717, 1.165) is 26.2 Å². The number of rotatable bonds is 1. The summed E-state index contributed by atoms with van der Waals surface area (Å²) in [4.78, 5) is 13.6. The molecule has 0 spiro atoms. The third kappa shape index (κ3) is 1.54. The Hall–Kier alpha value is -0.650. The van der Waals surface area contributed by atoms with Gasteiger partial charge in [0.2, 0.25) is 0 Å². The zero-order valence-corrected chi connectivity index (χ0v) is 7.94. The van der Waals surface area contributed by atoms with Crippen molar-refractivity contribution < 1.29 is 4.79 Å². The largest absolute Gasteiger partial charge is 0.318 e. The Morgan fingerprint density at radius 1 is 1.31 bits per heavy atom. The Bertz CT molecular complexity index is 212. The first-order valence-electron chi connectivity index (χ1n) is 4.69. The second-order valence-corrected chi connectivity index (χ2v) is 3.78. The normalized spacial score (nSPS) is 32.0. The first-order chi connectivity index (χ1) is 6.18. The summed E-state index contributed by atoms with van der Waals surface area (Å²) in [5, 5.41) is 3.88. The Balaban J connectivity index is 1.86. The molecule has 2 fully saturated rings. The minimum atomic E-state index is -0.250. The van der Waals surface area contributed by atoms with Gasteiger partial charge in [0.1, 0.15) is 6.04 Å². The van der Waals surface area contributed by atoms with E-state index >= 15 is 0 Å². The van der Waals surface area contributed by atoms with Gasteiger partial charge < -0.3 is 10.6 Å². The van der Waals surface area contributed by atoms with E-state index in [1.165, 1.54) is 0 Å². The van der Waals surface area contributed by atoms with Crippen molar-refractivity contribution in [2.45, 2.75) is 6.04 Å². The van der Waals surface area contributed by atoms with Crippen LogP contribution in [-0.2, 0) is 4.79 Å². The number of piperazine rings is 1. The Labute approximate surface area is 78.0 Å². The van der Waals surface area contributed by atoms with Gasteiger partial charge in [0.05, 0.1) is 6.54 Å². The van der Waals surface area contributed by atoms with Gasteiger partial charge in [-0.15, -0.1) is 0 Å². The quantitative estimate of drug-likeness (QED) is 0.494. The molecule has 74 valence electrons. The lowest BCUT2D eigenvalue weighted by Gasteiger charge is -2.46. The van der Waals surface area contributed by atoms with Crippen molar-refractivity contribution in [1.29, 1.82) is 0 Å². The lowest BCUT2D eigenvalue weighted by atomic mass is 10.1. The summed E-state index contributed by atoms with van der Waals surface area (Å²) in [7, 11) is 2.10. The van der Waals surface area contributed by atoms with Gasteiger partial charge in [-0.05, 0) is 7.05 Å². The molecular weight excluding hydrogens is 168 g/mol. The lowest BCUT2D eigenvalue weighted by Crippen LogP contribution is -2.68. The molecule has 1 atom stereocenters. The van der Waals surface area contributed by atoms with E-state index in [1.807, 2.05) is 0 Å². The van der Waals surface area contributed by atoms with Crippen LogP contribution in [0.1, 0.15) is 0 Å². The van der Waals surface area contributed by atoms with E-state index in [9.17, 15) is 4.79 Å². The van der Waals surface area contributed by atoms with Crippen LogP contribution in [-0.4, -0.2) is 66.6 Å². The zero-order valence-electron chi connectivity index (χ0n) is 7.94. The maximum atomic E-state index is 11.3. The molecule has 2 heterocycles. The van der Waals surface area contributed by atoms with Gasteiger partial charge >= 0.3 is 0 Å². The zero-order chi connectivity index (χ0) is 9.42. The highest BCUT2D eigenvalue weighted by atomic mass is 16.2. The number of nitrogens with zero attached hydrogens (tertiary/aromatic N) is 3. The molecule has 0 aromatic heterocycles. The van der Waals surface area contributed by atoms with Crippen LogP contribution >= 0.6 is 0 Å². The van der Waals surface area contributed by atoms with Crippen molar-refractivity contribution in [2.24, 2.45) is 5.73 Å². The van der Waals surface area contributed by atoms with Gasteiger partial charge in [0.15, 0.2) is 0 Å². The van der Waals surface area contributed by atoms with E-state index in [0.29, 0.717) is 6.54 Å². The molecule has 2 aliphatic heterocycles. The minimum Gasteiger partial charge on any atom is -0.318 e. The fourth-order valence-corrected chi connectivity index (χ4v) is 1.73. The number of nitrogens with two attached hydrogens (primary N) is 1. The second-order valence-electron chi connectivity index (χ2n) is 3.78. The smallest absolute Gasteiger partial charge is 0.255 e. The lowest BCUT2D eigenvalue weighted by molar-refractivity contribution is -0.171. The van der Waals surface area contributed by atoms with E-state index < -0.39 is 0 Å².